The molecule has 0 fully saturated rings. The molecule has 0 aliphatic heterocycles. The first-order valence-corrected chi connectivity index (χ1v) is 12.4. The van der Waals surface area contributed by atoms with Crippen molar-refractivity contribution in [1.82, 2.24) is 4.98 Å². The molecule has 2 heterocycles. The highest BCUT2D eigenvalue weighted by atomic mass is 35.5. The third-order valence-electron chi connectivity index (χ3n) is 4.71. The number of anilines is 2. The van der Waals surface area contributed by atoms with Gasteiger partial charge in [-0.25, -0.2) is 9.78 Å². The molecule has 2 aromatic heterocycles. The summed E-state index contributed by atoms with van der Waals surface area (Å²) in [7, 11) is 0. The van der Waals surface area contributed by atoms with Crippen LogP contribution in [-0.2, 0) is 6.42 Å². The minimum absolute atomic E-state index is 0.251. The second kappa shape index (κ2) is 9.63. The molecule has 0 radical (unpaired) electrons. The average molecular weight is 503 g/mol. The van der Waals surface area contributed by atoms with Gasteiger partial charge >= 0.3 is 5.97 Å². The predicted octanol–water partition coefficient (Wildman–Crippen LogP) is 8.49. The van der Waals surface area contributed by atoms with Gasteiger partial charge in [0.1, 0.15) is 4.88 Å². The summed E-state index contributed by atoms with van der Waals surface area (Å²) in [5.74, 6) is -0.534. The van der Waals surface area contributed by atoms with E-state index in [1.54, 1.807) is 6.07 Å². The fourth-order valence-corrected chi connectivity index (χ4v) is 5.75. The summed E-state index contributed by atoms with van der Waals surface area (Å²) in [6.07, 6.45) is 0.847. The van der Waals surface area contributed by atoms with Gasteiger partial charge in [0.25, 0.3) is 0 Å². The van der Waals surface area contributed by atoms with Crippen molar-refractivity contribution >= 4 is 62.7 Å². The Labute approximate surface area is 204 Å². The number of hydrogen-bond donors (Lipinski definition) is 2. The fourth-order valence-electron chi connectivity index (χ4n) is 3.29. The van der Waals surface area contributed by atoms with Crippen molar-refractivity contribution in [3.05, 3.63) is 74.4 Å². The zero-order valence-corrected chi connectivity index (χ0v) is 20.5. The number of benzene rings is 2. The van der Waals surface area contributed by atoms with E-state index in [1.165, 1.54) is 22.7 Å². The Hall–Kier alpha value is -2.38. The number of nitrogens with one attached hydrogen (secondary N) is 1. The van der Waals surface area contributed by atoms with Crippen LogP contribution in [0.3, 0.4) is 0 Å². The summed E-state index contributed by atoms with van der Waals surface area (Å²) in [5, 5.41) is 14.6. The molecule has 164 valence electrons. The van der Waals surface area contributed by atoms with Gasteiger partial charge in [-0.2, -0.15) is 0 Å². The SMILES string of the molecule is CC(C)Cc1sc(Nc2cc(-c3ccccc3)sc2C(=O)O)nc1-c1ccc(Cl)c(Cl)c1. The van der Waals surface area contributed by atoms with E-state index in [0.29, 0.717) is 26.8 Å². The maximum atomic E-state index is 11.9. The lowest BCUT2D eigenvalue weighted by molar-refractivity contribution is 0.0703. The lowest BCUT2D eigenvalue weighted by atomic mass is 10.0. The number of aromatic carboxylic acids is 1. The van der Waals surface area contributed by atoms with E-state index in [4.69, 9.17) is 28.2 Å². The number of halogens is 2. The maximum Gasteiger partial charge on any atom is 0.348 e. The Balaban J connectivity index is 1.73. The van der Waals surface area contributed by atoms with Crippen molar-refractivity contribution in [2.75, 3.05) is 5.32 Å². The summed E-state index contributed by atoms with van der Waals surface area (Å²) in [4.78, 5) is 18.9. The van der Waals surface area contributed by atoms with Crippen LogP contribution in [0.2, 0.25) is 10.0 Å². The van der Waals surface area contributed by atoms with Crippen molar-refractivity contribution in [2.24, 2.45) is 5.92 Å². The summed E-state index contributed by atoms with van der Waals surface area (Å²) in [5.41, 5.74) is 3.23. The molecule has 2 N–H and O–H groups in total. The Bertz CT molecular complexity index is 1270. The zero-order chi connectivity index (χ0) is 22.8. The first-order chi connectivity index (χ1) is 15.3. The third-order valence-corrected chi connectivity index (χ3v) is 7.61. The normalized spacial score (nSPS) is 11.2. The molecular formula is C24H20Cl2N2O2S2. The van der Waals surface area contributed by atoms with E-state index in [1.807, 2.05) is 48.5 Å². The molecule has 4 aromatic rings. The quantitative estimate of drug-likeness (QED) is 0.265. The van der Waals surface area contributed by atoms with Crippen molar-refractivity contribution in [2.45, 2.75) is 20.3 Å². The number of rotatable bonds is 7. The molecule has 0 aliphatic rings. The first kappa shape index (κ1) is 22.8. The lowest BCUT2D eigenvalue weighted by Gasteiger charge is -2.06. The summed E-state index contributed by atoms with van der Waals surface area (Å²) in [6.45, 7) is 4.30. The molecule has 0 bridgehead atoms. The number of carboxylic acid groups (broad SMARTS) is 1. The Morgan fingerprint density at radius 3 is 2.44 bits per heavy atom. The number of thiophene rings is 1. The first-order valence-electron chi connectivity index (χ1n) is 9.96. The highest BCUT2D eigenvalue weighted by Crippen LogP contribution is 2.40. The molecule has 0 atom stereocenters. The Morgan fingerprint density at radius 1 is 1.03 bits per heavy atom. The fraction of sp³-hybridized carbons (Fsp3) is 0.167. The lowest BCUT2D eigenvalue weighted by Crippen LogP contribution is -1.98. The number of carboxylic acids is 1. The predicted molar refractivity (Wildman–Crippen MR) is 136 cm³/mol. The van der Waals surface area contributed by atoms with Crippen LogP contribution in [-0.4, -0.2) is 16.1 Å². The average Bonchev–Trinajstić information content (AvgIpc) is 3.35. The Kier molecular flexibility index (Phi) is 6.86. The standard InChI is InChI=1S/C24H20Cl2N2O2S2/c1-13(2)10-20-21(15-8-9-16(25)17(26)11-15)28-24(32-20)27-18-12-19(31-22(18)23(29)30)14-6-4-3-5-7-14/h3-9,11-13H,10H2,1-2H3,(H,27,28)(H,29,30). The van der Waals surface area contributed by atoms with Crippen LogP contribution in [0.1, 0.15) is 28.4 Å². The van der Waals surface area contributed by atoms with Crippen LogP contribution in [0, 0.1) is 5.92 Å². The van der Waals surface area contributed by atoms with Crippen LogP contribution in [0.5, 0.6) is 0 Å². The molecule has 0 amide bonds. The van der Waals surface area contributed by atoms with Crippen molar-refractivity contribution in [1.29, 1.82) is 0 Å². The van der Waals surface area contributed by atoms with Gasteiger partial charge in [0.2, 0.25) is 0 Å². The molecule has 4 nitrogen and oxygen atoms in total. The second-order valence-electron chi connectivity index (χ2n) is 7.67. The van der Waals surface area contributed by atoms with Crippen molar-refractivity contribution in [3.63, 3.8) is 0 Å². The number of thiazole rings is 1. The molecule has 32 heavy (non-hydrogen) atoms. The van der Waals surface area contributed by atoms with Gasteiger partial charge in [0.05, 0.1) is 21.4 Å². The molecule has 4 rings (SSSR count). The van der Waals surface area contributed by atoms with Crippen LogP contribution in [0.25, 0.3) is 21.7 Å². The number of nitrogens with zero attached hydrogens (tertiary/aromatic N) is 1. The highest BCUT2D eigenvalue weighted by Gasteiger charge is 2.20. The van der Waals surface area contributed by atoms with Gasteiger partial charge in [0.15, 0.2) is 5.13 Å². The largest absolute Gasteiger partial charge is 0.477 e. The van der Waals surface area contributed by atoms with E-state index in [0.717, 1.165) is 33.0 Å². The monoisotopic (exact) mass is 502 g/mol. The van der Waals surface area contributed by atoms with E-state index in [9.17, 15) is 9.90 Å². The topological polar surface area (TPSA) is 62.2 Å². The van der Waals surface area contributed by atoms with E-state index in [2.05, 4.69) is 19.2 Å². The summed E-state index contributed by atoms with van der Waals surface area (Å²) < 4.78 is 0. The second-order valence-corrected chi connectivity index (χ2v) is 10.6. The van der Waals surface area contributed by atoms with E-state index >= 15 is 0 Å². The van der Waals surface area contributed by atoms with Gasteiger partial charge in [-0.3, -0.25) is 0 Å². The minimum Gasteiger partial charge on any atom is -0.477 e. The van der Waals surface area contributed by atoms with Crippen LogP contribution >= 0.6 is 45.9 Å². The number of carbonyl (C=O) groups is 1. The van der Waals surface area contributed by atoms with Gasteiger partial charge in [0, 0.05) is 15.3 Å². The highest BCUT2D eigenvalue weighted by molar-refractivity contribution is 7.18. The molecule has 0 aliphatic carbocycles. The summed E-state index contributed by atoms with van der Waals surface area (Å²) in [6, 6.07) is 17.1. The minimum atomic E-state index is -0.969. The van der Waals surface area contributed by atoms with Gasteiger partial charge < -0.3 is 10.4 Å². The molecular weight excluding hydrogens is 483 g/mol. The van der Waals surface area contributed by atoms with Gasteiger partial charge in [-0.05, 0) is 36.1 Å². The zero-order valence-electron chi connectivity index (χ0n) is 17.4. The smallest absolute Gasteiger partial charge is 0.348 e. The molecule has 0 saturated carbocycles. The Morgan fingerprint density at radius 2 is 1.78 bits per heavy atom. The van der Waals surface area contributed by atoms with Crippen molar-refractivity contribution < 1.29 is 9.90 Å². The number of aromatic nitrogens is 1. The van der Waals surface area contributed by atoms with E-state index in [-0.39, 0.29) is 4.88 Å². The van der Waals surface area contributed by atoms with Crippen molar-refractivity contribution in [3.8, 4) is 21.7 Å². The molecule has 8 heteroatoms. The van der Waals surface area contributed by atoms with Gasteiger partial charge in [-0.15, -0.1) is 22.7 Å². The van der Waals surface area contributed by atoms with Crippen LogP contribution in [0.15, 0.2) is 54.6 Å². The van der Waals surface area contributed by atoms with E-state index < -0.39 is 5.97 Å². The summed E-state index contributed by atoms with van der Waals surface area (Å²) >= 11 is 15.1. The van der Waals surface area contributed by atoms with Gasteiger partial charge in [-0.1, -0.05) is 73.4 Å². The van der Waals surface area contributed by atoms with Crippen LogP contribution in [0.4, 0.5) is 10.8 Å². The maximum absolute atomic E-state index is 11.9. The molecule has 2 aromatic carbocycles. The number of hydrogen-bond acceptors (Lipinski definition) is 5. The van der Waals surface area contributed by atoms with Crippen LogP contribution < -0.4 is 5.32 Å². The molecule has 0 spiro atoms. The molecule has 0 unspecified atom stereocenters. The molecule has 0 saturated heterocycles. The third kappa shape index (κ3) is 4.99.